The lowest BCUT2D eigenvalue weighted by atomic mass is 9.64. The quantitative estimate of drug-likeness (QED) is 0.147. The Balaban J connectivity index is 0.759. The van der Waals surface area contributed by atoms with Crippen LogP contribution in [0.2, 0.25) is 13.1 Å². The van der Waals surface area contributed by atoms with E-state index in [9.17, 15) is 0 Å². The molecule has 6 aliphatic rings. The Morgan fingerprint density at radius 1 is 0.302 bits per heavy atom. The number of fused-ring (bicyclic) bond motifs is 18. The van der Waals surface area contributed by atoms with Crippen LogP contribution in [0.15, 0.2) is 302 Å². The molecule has 3 aliphatic carbocycles. The number of hydrogen-bond acceptors (Lipinski definition) is 5. The monoisotopic (exact) mass is 1300 g/mol. The molecule has 3 aliphatic heterocycles. The zero-order valence-corrected chi connectivity index (χ0v) is 58.5. The third-order valence-corrected chi connectivity index (χ3v) is 30.0. The predicted molar refractivity (Wildman–Crippen MR) is 405 cm³/mol. The summed E-state index contributed by atoms with van der Waals surface area (Å²) in [5.74, 6) is 1.87. The fourth-order valence-electron chi connectivity index (χ4n) is 17.7. The lowest BCUT2D eigenvalue weighted by Gasteiger charge is -2.43. The molecule has 13 aromatic carbocycles. The van der Waals surface area contributed by atoms with E-state index in [1.165, 1.54) is 130 Å². The summed E-state index contributed by atoms with van der Waals surface area (Å²) < 4.78 is 7.29. The Bertz CT molecular complexity index is 5430. The van der Waals surface area contributed by atoms with Crippen molar-refractivity contribution in [3.05, 3.63) is 329 Å². The zero-order chi connectivity index (χ0) is 64.8. The highest BCUT2D eigenvalue weighted by Gasteiger charge is 2.49. The van der Waals surface area contributed by atoms with E-state index in [1.807, 2.05) is 35.3 Å². The van der Waals surface area contributed by atoms with E-state index in [0.29, 0.717) is 0 Å². The number of anilines is 3. The van der Waals surface area contributed by atoms with Crippen LogP contribution in [0.5, 0.6) is 11.5 Å². The minimum atomic E-state index is -1.99. The SMILES string of the molecule is CC1(C)c2ccccc2-c2c1ccc1c2Oc2c(cccc2-c2ccc(N(c3ccc(-c4cccc5c4Sc4c(ccc6c4-c4ccccc4C6(C)C)C5(c4ccccc4)c4ccccc4)cc3)c3ccc4c(c3)C(C)(C)c3ccc5c(c3-4)Sc3ccccc3[Si]5(C)C)cc2)S1. The van der Waals surface area contributed by atoms with E-state index < -0.39 is 13.5 Å². The van der Waals surface area contributed by atoms with E-state index in [-0.39, 0.29) is 16.2 Å². The van der Waals surface area contributed by atoms with Gasteiger partial charge in [0.1, 0.15) is 19.6 Å². The molecule has 19 rings (SSSR count). The van der Waals surface area contributed by atoms with Gasteiger partial charge in [0.25, 0.3) is 0 Å². The largest absolute Gasteiger partial charge is 0.454 e. The molecule has 0 N–H and O–H groups in total. The van der Waals surface area contributed by atoms with Crippen LogP contribution in [0, 0.1) is 0 Å². The molecule has 96 heavy (non-hydrogen) atoms. The molecule has 13 aromatic rings. The number of rotatable bonds is 7. The molecule has 2 nitrogen and oxygen atoms in total. The van der Waals surface area contributed by atoms with Crippen molar-refractivity contribution >= 4 is 70.8 Å². The van der Waals surface area contributed by atoms with Gasteiger partial charge in [0, 0.05) is 69.6 Å². The summed E-state index contributed by atoms with van der Waals surface area (Å²) in [4.78, 5) is 10.2. The molecule has 0 bridgehead atoms. The highest BCUT2D eigenvalue weighted by molar-refractivity contribution is 8.00. The molecule has 0 spiro atoms. The van der Waals surface area contributed by atoms with Crippen LogP contribution in [-0.4, -0.2) is 8.07 Å². The second-order valence-electron chi connectivity index (χ2n) is 29.0. The number of nitrogens with zero attached hydrogens (tertiary/aromatic N) is 1. The van der Waals surface area contributed by atoms with Gasteiger partial charge in [-0.25, -0.2) is 0 Å². The highest BCUT2D eigenvalue weighted by atomic mass is 32.2. The highest BCUT2D eigenvalue weighted by Crippen LogP contribution is 2.65. The molecule has 0 atom stereocenters. The summed E-state index contributed by atoms with van der Waals surface area (Å²) in [6.45, 7) is 19.4. The summed E-state index contributed by atoms with van der Waals surface area (Å²) in [6.07, 6.45) is 0. The van der Waals surface area contributed by atoms with E-state index in [0.717, 1.165) is 49.5 Å². The standard InChI is InChI=1S/C90H69NOS3Si/c1-87(2)66-31-17-15-27-63(66)79-68(87)49-51-76-83(79)92-82-61(29-22-35-75(82)93-76)54-37-41-58(42-38-54)91(60-45-46-65-73(53-60)89(5,6)70-50-52-78-86(81(65)70)94-74-34-19-20-36-77(74)96(78,7)8)59-43-39-55(40-44-59)62-30-21-33-71-84(62)95-85-72(48-47-69-80(85)64-28-16-18-32-67(64)88(69,3)4)90(71,56-23-11-9-12-24-56)57-25-13-10-14-26-57/h9-53H,1-8H3. The normalized spacial score (nSPS) is 16.3. The van der Waals surface area contributed by atoms with Gasteiger partial charge in [0.2, 0.25) is 0 Å². The summed E-state index contributed by atoms with van der Waals surface area (Å²) in [5, 5.41) is 3.07. The fraction of sp³-hybridized carbons (Fsp3) is 0.133. The first-order valence-corrected chi connectivity index (χ1v) is 39.2. The van der Waals surface area contributed by atoms with Gasteiger partial charge in [0.05, 0.1) is 15.2 Å². The summed E-state index contributed by atoms with van der Waals surface area (Å²) in [7, 11) is -1.99. The maximum atomic E-state index is 7.29. The Morgan fingerprint density at radius 3 is 1.46 bits per heavy atom. The fourth-order valence-corrected chi connectivity index (χ4v) is 25.8. The first-order valence-electron chi connectivity index (χ1n) is 33.7. The van der Waals surface area contributed by atoms with Gasteiger partial charge < -0.3 is 9.64 Å². The first kappa shape index (κ1) is 58.1. The summed E-state index contributed by atoms with van der Waals surface area (Å²) in [6, 6.07) is 104. The predicted octanol–water partition coefficient (Wildman–Crippen LogP) is 23.8. The lowest BCUT2D eigenvalue weighted by molar-refractivity contribution is 0.457. The van der Waals surface area contributed by atoms with E-state index in [2.05, 4.69) is 333 Å². The van der Waals surface area contributed by atoms with Crippen LogP contribution in [0.3, 0.4) is 0 Å². The number of para-hydroxylation sites is 1. The average molecular weight is 1300 g/mol. The van der Waals surface area contributed by atoms with Gasteiger partial charge in [-0.05, 0) is 160 Å². The summed E-state index contributed by atoms with van der Waals surface area (Å²) >= 11 is 5.76. The zero-order valence-electron chi connectivity index (χ0n) is 55.1. The van der Waals surface area contributed by atoms with E-state index in [4.69, 9.17) is 4.74 Å². The number of ether oxygens (including phenoxy) is 1. The molecular weight excluding hydrogens is 1240 g/mol. The van der Waals surface area contributed by atoms with Gasteiger partial charge in [0.15, 0.2) is 0 Å². The molecule has 0 aromatic heterocycles. The third kappa shape index (κ3) is 8.04. The van der Waals surface area contributed by atoms with Crippen LogP contribution in [0.4, 0.5) is 17.1 Å². The molecule has 0 fully saturated rings. The number of hydrogen-bond donors (Lipinski definition) is 0. The van der Waals surface area contributed by atoms with Gasteiger partial charge in [-0.2, -0.15) is 0 Å². The topological polar surface area (TPSA) is 12.5 Å². The van der Waals surface area contributed by atoms with Crippen molar-refractivity contribution in [1.82, 2.24) is 0 Å². The van der Waals surface area contributed by atoms with Crippen molar-refractivity contribution in [3.8, 4) is 67.1 Å². The van der Waals surface area contributed by atoms with Crippen LogP contribution < -0.4 is 20.0 Å². The lowest BCUT2D eigenvalue weighted by Crippen LogP contribution is -2.56. The number of benzene rings is 13. The van der Waals surface area contributed by atoms with Crippen molar-refractivity contribution in [1.29, 1.82) is 0 Å². The minimum Gasteiger partial charge on any atom is -0.454 e. The van der Waals surface area contributed by atoms with Crippen molar-refractivity contribution in [2.24, 2.45) is 0 Å². The smallest absolute Gasteiger partial charge is 0.149 e. The van der Waals surface area contributed by atoms with E-state index in [1.54, 1.807) is 0 Å². The Morgan fingerprint density at radius 2 is 0.771 bits per heavy atom. The maximum absolute atomic E-state index is 7.29. The van der Waals surface area contributed by atoms with Crippen LogP contribution >= 0.6 is 35.3 Å². The van der Waals surface area contributed by atoms with Crippen molar-refractivity contribution in [2.45, 2.75) is 106 Å². The minimum absolute atomic E-state index is 0.129. The Kier molecular flexibility index (Phi) is 12.6. The molecule has 3 heterocycles. The molecule has 462 valence electrons. The van der Waals surface area contributed by atoms with Crippen LogP contribution in [0.1, 0.15) is 97.2 Å². The maximum Gasteiger partial charge on any atom is 0.149 e. The molecular formula is C90H69NOS3Si. The van der Waals surface area contributed by atoms with Gasteiger partial charge in [-0.1, -0.05) is 308 Å². The molecule has 0 amide bonds. The van der Waals surface area contributed by atoms with Gasteiger partial charge >= 0.3 is 0 Å². The Labute approximate surface area is 577 Å². The Hall–Kier alpha value is -9.27. The molecule has 0 radical (unpaired) electrons. The molecule has 0 saturated heterocycles. The average Bonchev–Trinajstić information content (AvgIpc) is 1.17. The second-order valence-corrected chi connectivity index (χ2v) is 36.5. The molecule has 0 unspecified atom stereocenters. The van der Waals surface area contributed by atoms with Crippen LogP contribution in [-0.2, 0) is 21.7 Å². The van der Waals surface area contributed by atoms with Crippen molar-refractivity contribution < 1.29 is 4.74 Å². The molecule has 0 saturated carbocycles. The third-order valence-electron chi connectivity index (χ3n) is 22.6. The van der Waals surface area contributed by atoms with E-state index >= 15 is 0 Å². The second kappa shape index (κ2) is 20.9. The van der Waals surface area contributed by atoms with Crippen molar-refractivity contribution in [3.63, 3.8) is 0 Å². The summed E-state index contributed by atoms with van der Waals surface area (Å²) in [5.41, 5.74) is 28.0. The first-order chi connectivity index (χ1) is 46.6. The van der Waals surface area contributed by atoms with Gasteiger partial charge in [-0.15, -0.1) is 0 Å². The van der Waals surface area contributed by atoms with Crippen LogP contribution in [0.25, 0.3) is 55.6 Å². The van der Waals surface area contributed by atoms with Crippen molar-refractivity contribution in [2.75, 3.05) is 4.90 Å². The van der Waals surface area contributed by atoms with Gasteiger partial charge in [-0.3, -0.25) is 0 Å². The molecule has 6 heteroatoms.